The summed E-state index contributed by atoms with van der Waals surface area (Å²) in [5, 5.41) is 22.9. The number of benzene rings is 1. The number of hydrogen-bond acceptors (Lipinski definition) is 4. The molecular formula is C15H22N4O. The Morgan fingerprint density at radius 3 is 2.25 bits per heavy atom. The molecule has 0 aliphatic carbocycles. The SMILES string of the molecule is CCNc1cc(NCC)c2c(c1)c(NCC)cc[n+]2[O-]. The number of nitrogens with zero attached hydrogens (tertiary/aromatic N) is 1. The van der Waals surface area contributed by atoms with Gasteiger partial charge in [0.15, 0.2) is 6.20 Å². The van der Waals surface area contributed by atoms with Crippen molar-refractivity contribution in [1.29, 1.82) is 0 Å². The summed E-state index contributed by atoms with van der Waals surface area (Å²) in [6.07, 6.45) is 1.55. The maximum absolute atomic E-state index is 12.1. The molecule has 3 N–H and O–H groups in total. The number of hydrogen-bond donors (Lipinski definition) is 3. The summed E-state index contributed by atoms with van der Waals surface area (Å²) >= 11 is 0. The van der Waals surface area contributed by atoms with Gasteiger partial charge >= 0.3 is 0 Å². The van der Waals surface area contributed by atoms with Crippen LogP contribution in [0.5, 0.6) is 0 Å². The minimum absolute atomic E-state index is 0.673. The monoisotopic (exact) mass is 274 g/mol. The molecule has 2 aromatic rings. The van der Waals surface area contributed by atoms with Crippen LogP contribution in [0.2, 0.25) is 0 Å². The molecule has 0 amide bonds. The van der Waals surface area contributed by atoms with Gasteiger partial charge in [-0.25, -0.2) is 0 Å². The van der Waals surface area contributed by atoms with E-state index in [4.69, 9.17) is 0 Å². The minimum Gasteiger partial charge on any atom is -0.618 e. The second kappa shape index (κ2) is 6.32. The van der Waals surface area contributed by atoms with E-state index in [1.54, 1.807) is 6.20 Å². The van der Waals surface area contributed by atoms with Crippen LogP contribution in [0.4, 0.5) is 17.1 Å². The van der Waals surface area contributed by atoms with Crippen LogP contribution in [0.15, 0.2) is 24.4 Å². The first-order valence-electron chi connectivity index (χ1n) is 7.12. The summed E-state index contributed by atoms with van der Waals surface area (Å²) in [7, 11) is 0. The summed E-state index contributed by atoms with van der Waals surface area (Å²) < 4.78 is 0.921. The van der Waals surface area contributed by atoms with E-state index in [1.807, 2.05) is 32.0 Å². The van der Waals surface area contributed by atoms with E-state index < -0.39 is 0 Å². The first kappa shape index (κ1) is 14.2. The van der Waals surface area contributed by atoms with E-state index in [0.717, 1.165) is 46.8 Å². The molecule has 5 nitrogen and oxygen atoms in total. The lowest BCUT2D eigenvalue weighted by atomic mass is 10.1. The van der Waals surface area contributed by atoms with Crippen molar-refractivity contribution in [2.24, 2.45) is 0 Å². The van der Waals surface area contributed by atoms with Gasteiger partial charge in [-0.15, -0.1) is 0 Å². The molecule has 1 heterocycles. The van der Waals surface area contributed by atoms with Gasteiger partial charge in [0, 0.05) is 31.4 Å². The van der Waals surface area contributed by atoms with Crippen LogP contribution in [0, 0.1) is 5.21 Å². The van der Waals surface area contributed by atoms with E-state index >= 15 is 0 Å². The number of rotatable bonds is 6. The third kappa shape index (κ3) is 2.71. The van der Waals surface area contributed by atoms with Gasteiger partial charge in [-0.3, -0.25) is 0 Å². The van der Waals surface area contributed by atoms with Gasteiger partial charge in [-0.1, -0.05) is 0 Å². The lowest BCUT2D eigenvalue weighted by molar-refractivity contribution is -0.576. The van der Waals surface area contributed by atoms with Gasteiger partial charge in [0.2, 0.25) is 5.52 Å². The van der Waals surface area contributed by atoms with Crippen molar-refractivity contribution in [3.05, 3.63) is 29.6 Å². The first-order valence-corrected chi connectivity index (χ1v) is 7.12. The van der Waals surface area contributed by atoms with Crippen LogP contribution in [-0.4, -0.2) is 19.6 Å². The highest BCUT2D eigenvalue weighted by Gasteiger charge is 2.15. The van der Waals surface area contributed by atoms with Gasteiger partial charge < -0.3 is 21.2 Å². The molecule has 0 spiro atoms. The normalized spacial score (nSPS) is 10.6. The molecule has 2 rings (SSSR count). The number of pyridine rings is 1. The Morgan fingerprint density at radius 1 is 0.950 bits per heavy atom. The molecule has 0 radical (unpaired) electrons. The van der Waals surface area contributed by atoms with Gasteiger partial charge in [-0.05, 0) is 32.9 Å². The van der Waals surface area contributed by atoms with Crippen molar-refractivity contribution >= 4 is 28.0 Å². The number of fused-ring (bicyclic) bond motifs is 1. The van der Waals surface area contributed by atoms with Gasteiger partial charge in [-0.2, -0.15) is 4.73 Å². The largest absolute Gasteiger partial charge is 0.618 e. The van der Waals surface area contributed by atoms with E-state index in [0.29, 0.717) is 5.52 Å². The van der Waals surface area contributed by atoms with Crippen LogP contribution >= 0.6 is 0 Å². The molecule has 0 saturated carbocycles. The molecule has 0 atom stereocenters. The second-order valence-electron chi connectivity index (χ2n) is 4.57. The minimum atomic E-state index is 0.673. The summed E-state index contributed by atoms with van der Waals surface area (Å²) in [6, 6.07) is 5.83. The summed E-state index contributed by atoms with van der Waals surface area (Å²) in [4.78, 5) is 0. The Hall–Kier alpha value is -2.17. The maximum Gasteiger partial charge on any atom is 0.249 e. The average Bonchev–Trinajstić information content (AvgIpc) is 2.43. The fourth-order valence-corrected chi connectivity index (χ4v) is 2.36. The molecule has 0 bridgehead atoms. The van der Waals surface area contributed by atoms with Crippen molar-refractivity contribution in [3.8, 4) is 0 Å². The molecule has 0 aliphatic heterocycles. The predicted molar refractivity (Wildman–Crippen MR) is 85.4 cm³/mol. The van der Waals surface area contributed by atoms with Crippen LogP contribution in [0.3, 0.4) is 0 Å². The number of anilines is 3. The van der Waals surface area contributed by atoms with Gasteiger partial charge in [0.1, 0.15) is 5.69 Å². The lowest BCUT2D eigenvalue weighted by Crippen LogP contribution is -2.27. The molecular weight excluding hydrogens is 252 g/mol. The summed E-state index contributed by atoms with van der Waals surface area (Å²) in [5.74, 6) is 0. The van der Waals surface area contributed by atoms with E-state index in [2.05, 4.69) is 22.9 Å². The first-order chi connectivity index (χ1) is 9.71. The van der Waals surface area contributed by atoms with Crippen molar-refractivity contribution in [2.45, 2.75) is 20.8 Å². The fraction of sp³-hybridized carbons (Fsp3) is 0.400. The molecule has 20 heavy (non-hydrogen) atoms. The predicted octanol–water partition coefficient (Wildman–Crippen LogP) is 2.77. The van der Waals surface area contributed by atoms with Gasteiger partial charge in [0.25, 0.3) is 0 Å². The highest BCUT2D eigenvalue weighted by molar-refractivity contribution is 5.99. The van der Waals surface area contributed by atoms with Crippen LogP contribution < -0.4 is 20.7 Å². The average molecular weight is 274 g/mol. The topological polar surface area (TPSA) is 63.0 Å². The zero-order valence-corrected chi connectivity index (χ0v) is 12.3. The number of nitrogens with one attached hydrogen (secondary N) is 3. The zero-order valence-electron chi connectivity index (χ0n) is 12.3. The van der Waals surface area contributed by atoms with E-state index in [-0.39, 0.29) is 0 Å². The van der Waals surface area contributed by atoms with Crippen molar-refractivity contribution in [1.82, 2.24) is 0 Å². The molecule has 1 aromatic carbocycles. The van der Waals surface area contributed by atoms with E-state index in [9.17, 15) is 5.21 Å². The zero-order chi connectivity index (χ0) is 14.5. The summed E-state index contributed by atoms with van der Waals surface area (Å²) in [5.41, 5.74) is 3.53. The highest BCUT2D eigenvalue weighted by atomic mass is 16.5. The van der Waals surface area contributed by atoms with Crippen molar-refractivity contribution in [3.63, 3.8) is 0 Å². The molecule has 5 heteroatoms. The Morgan fingerprint density at radius 2 is 1.60 bits per heavy atom. The molecule has 0 fully saturated rings. The highest BCUT2D eigenvalue weighted by Crippen LogP contribution is 2.30. The summed E-state index contributed by atoms with van der Waals surface area (Å²) in [6.45, 7) is 8.56. The molecule has 0 saturated heterocycles. The standard InChI is InChI=1S/C15H22N4O/c1-4-16-11-9-12-13(17-5-2)7-8-19(20)15(12)14(10-11)18-6-3/h7-10,16-18H,4-6H2,1-3H3. The van der Waals surface area contributed by atoms with Crippen LogP contribution in [-0.2, 0) is 0 Å². The van der Waals surface area contributed by atoms with Crippen molar-refractivity contribution < 1.29 is 4.73 Å². The smallest absolute Gasteiger partial charge is 0.249 e. The lowest BCUT2D eigenvalue weighted by Gasteiger charge is -2.14. The molecule has 0 unspecified atom stereocenters. The fourth-order valence-electron chi connectivity index (χ4n) is 2.36. The van der Waals surface area contributed by atoms with E-state index in [1.165, 1.54) is 0 Å². The third-order valence-corrected chi connectivity index (χ3v) is 3.11. The van der Waals surface area contributed by atoms with Crippen LogP contribution in [0.25, 0.3) is 10.9 Å². The molecule has 1 aromatic heterocycles. The molecule has 108 valence electrons. The maximum atomic E-state index is 12.1. The third-order valence-electron chi connectivity index (χ3n) is 3.11. The van der Waals surface area contributed by atoms with Crippen molar-refractivity contribution in [2.75, 3.05) is 35.6 Å². The Balaban J connectivity index is 2.69. The molecule has 0 aliphatic rings. The number of aromatic nitrogens is 1. The Bertz CT molecular complexity index is 598. The van der Waals surface area contributed by atoms with Crippen LogP contribution in [0.1, 0.15) is 20.8 Å². The van der Waals surface area contributed by atoms with Gasteiger partial charge in [0.05, 0.1) is 11.1 Å². The quantitative estimate of drug-likeness (QED) is 0.560. The Labute approximate surface area is 119 Å². The second-order valence-corrected chi connectivity index (χ2v) is 4.57. The Kier molecular flexibility index (Phi) is 4.50.